The summed E-state index contributed by atoms with van der Waals surface area (Å²) in [6, 6.07) is 9.29. The van der Waals surface area contributed by atoms with Crippen LogP contribution in [0.1, 0.15) is 33.8 Å². The predicted molar refractivity (Wildman–Crippen MR) is 95.5 cm³/mol. The van der Waals surface area contributed by atoms with Gasteiger partial charge in [0.15, 0.2) is 23.0 Å². The molecule has 0 spiro atoms. The van der Waals surface area contributed by atoms with Crippen LogP contribution >= 0.6 is 0 Å². The summed E-state index contributed by atoms with van der Waals surface area (Å²) in [5.41, 5.74) is 3.04. The van der Waals surface area contributed by atoms with Crippen molar-refractivity contribution >= 4 is 5.91 Å². The molecule has 1 aliphatic heterocycles. The second kappa shape index (κ2) is 6.78. The molecule has 4 rings (SSSR count). The van der Waals surface area contributed by atoms with E-state index in [4.69, 9.17) is 18.9 Å². The van der Waals surface area contributed by atoms with Crippen molar-refractivity contribution in [3.63, 3.8) is 0 Å². The lowest BCUT2D eigenvalue weighted by molar-refractivity contribution is 0.0950. The van der Waals surface area contributed by atoms with Gasteiger partial charge in [-0.3, -0.25) is 4.79 Å². The van der Waals surface area contributed by atoms with Crippen molar-refractivity contribution in [3.8, 4) is 23.0 Å². The third-order valence-electron chi connectivity index (χ3n) is 4.99. The maximum Gasteiger partial charge on any atom is 0.251 e. The zero-order chi connectivity index (χ0) is 18.1. The summed E-state index contributed by atoms with van der Waals surface area (Å²) in [6.07, 6.45) is 1.97. The fraction of sp³-hybridized carbons (Fsp3) is 0.350. The number of hydrogen-bond donors (Lipinski definition) is 1. The van der Waals surface area contributed by atoms with E-state index in [0.29, 0.717) is 23.6 Å². The molecular weight excluding hydrogens is 334 g/mol. The first kappa shape index (κ1) is 16.6. The lowest BCUT2D eigenvalue weighted by Gasteiger charge is -2.15. The Morgan fingerprint density at radius 3 is 2.69 bits per heavy atom. The lowest BCUT2D eigenvalue weighted by Crippen LogP contribution is -2.27. The van der Waals surface area contributed by atoms with Gasteiger partial charge in [0.25, 0.3) is 5.91 Å². The van der Waals surface area contributed by atoms with Crippen LogP contribution in [0.2, 0.25) is 0 Å². The van der Waals surface area contributed by atoms with Gasteiger partial charge in [0, 0.05) is 18.0 Å². The van der Waals surface area contributed by atoms with Crippen molar-refractivity contribution in [2.75, 3.05) is 27.6 Å². The van der Waals surface area contributed by atoms with Gasteiger partial charge in [0.1, 0.15) is 0 Å². The van der Waals surface area contributed by atoms with Crippen LogP contribution in [0.15, 0.2) is 30.3 Å². The minimum absolute atomic E-state index is 0.114. The molecule has 26 heavy (non-hydrogen) atoms. The van der Waals surface area contributed by atoms with Gasteiger partial charge in [-0.25, -0.2) is 0 Å². The van der Waals surface area contributed by atoms with Crippen molar-refractivity contribution in [2.45, 2.75) is 18.8 Å². The molecule has 1 atom stereocenters. The third-order valence-corrected chi connectivity index (χ3v) is 4.99. The van der Waals surface area contributed by atoms with Crippen LogP contribution in [-0.4, -0.2) is 33.5 Å². The van der Waals surface area contributed by atoms with Crippen LogP contribution in [0.5, 0.6) is 23.0 Å². The second-order valence-corrected chi connectivity index (χ2v) is 6.42. The van der Waals surface area contributed by atoms with Crippen molar-refractivity contribution in [2.24, 2.45) is 0 Å². The summed E-state index contributed by atoms with van der Waals surface area (Å²) >= 11 is 0. The summed E-state index contributed by atoms with van der Waals surface area (Å²) in [6.45, 7) is 0.778. The summed E-state index contributed by atoms with van der Waals surface area (Å²) in [5, 5.41) is 3.03. The number of benzene rings is 2. The van der Waals surface area contributed by atoms with Crippen LogP contribution in [0.25, 0.3) is 0 Å². The summed E-state index contributed by atoms with van der Waals surface area (Å²) in [7, 11) is 3.28. The van der Waals surface area contributed by atoms with Crippen LogP contribution in [0, 0.1) is 0 Å². The maximum atomic E-state index is 12.5. The molecule has 1 N–H and O–H groups in total. The highest BCUT2D eigenvalue weighted by atomic mass is 16.7. The molecule has 1 amide bonds. The molecule has 0 fully saturated rings. The average Bonchev–Trinajstić information content (AvgIpc) is 3.30. The molecule has 2 aromatic rings. The molecule has 0 saturated heterocycles. The van der Waals surface area contributed by atoms with E-state index < -0.39 is 0 Å². The topological polar surface area (TPSA) is 66.0 Å². The molecule has 2 aliphatic rings. The highest BCUT2D eigenvalue weighted by molar-refractivity contribution is 5.95. The smallest absolute Gasteiger partial charge is 0.251 e. The number of aryl methyl sites for hydroxylation is 1. The minimum Gasteiger partial charge on any atom is -0.493 e. The van der Waals surface area contributed by atoms with E-state index >= 15 is 0 Å². The largest absolute Gasteiger partial charge is 0.493 e. The Bertz CT molecular complexity index is 848. The fourth-order valence-corrected chi connectivity index (χ4v) is 3.59. The minimum atomic E-state index is -0.114. The highest BCUT2D eigenvalue weighted by Crippen LogP contribution is 2.40. The number of methoxy groups -OCH3 is 2. The monoisotopic (exact) mass is 355 g/mol. The number of carbonyl (C=O) groups is 1. The van der Waals surface area contributed by atoms with Crippen LogP contribution < -0.4 is 24.3 Å². The zero-order valence-electron chi connectivity index (χ0n) is 14.8. The number of carbonyl (C=O) groups excluding carboxylic acids is 1. The Hall–Kier alpha value is -2.89. The molecule has 1 heterocycles. The predicted octanol–water partition coefficient (Wildman–Crippen LogP) is 2.89. The van der Waals surface area contributed by atoms with Crippen LogP contribution in [0.3, 0.4) is 0 Å². The Labute approximate surface area is 152 Å². The van der Waals surface area contributed by atoms with E-state index in [9.17, 15) is 4.79 Å². The summed E-state index contributed by atoms with van der Waals surface area (Å²) < 4.78 is 21.4. The number of fused-ring (bicyclic) bond motifs is 2. The van der Waals surface area contributed by atoms with E-state index in [1.807, 2.05) is 12.1 Å². The quantitative estimate of drug-likeness (QED) is 0.893. The second-order valence-electron chi connectivity index (χ2n) is 6.42. The number of nitrogens with one attached hydrogen (secondary N) is 1. The molecule has 0 saturated carbocycles. The van der Waals surface area contributed by atoms with E-state index in [2.05, 4.69) is 5.32 Å². The first-order valence-corrected chi connectivity index (χ1v) is 8.62. The molecule has 2 aromatic carbocycles. The van der Waals surface area contributed by atoms with Gasteiger partial charge in [-0.05, 0) is 54.3 Å². The maximum absolute atomic E-state index is 12.5. The molecule has 0 radical (unpaired) electrons. The van der Waals surface area contributed by atoms with Gasteiger partial charge in [-0.1, -0.05) is 0 Å². The Kier molecular flexibility index (Phi) is 4.32. The standard InChI is InChI=1S/C20H21NO5/c1-23-17-7-12-3-4-14(15(12)9-18(17)24-2)10-21-20(22)13-5-6-16-19(8-13)26-11-25-16/h5-9,14H,3-4,10-11H2,1-2H3,(H,21,22). The van der Waals surface area contributed by atoms with E-state index in [1.54, 1.807) is 32.4 Å². The van der Waals surface area contributed by atoms with Gasteiger partial charge in [0.2, 0.25) is 6.79 Å². The summed E-state index contributed by atoms with van der Waals surface area (Å²) in [4.78, 5) is 12.5. The Morgan fingerprint density at radius 1 is 1.12 bits per heavy atom. The van der Waals surface area contributed by atoms with E-state index in [-0.39, 0.29) is 18.6 Å². The lowest BCUT2D eigenvalue weighted by atomic mass is 10.0. The number of amides is 1. The SMILES string of the molecule is COc1cc2c(cc1OC)C(CNC(=O)c1ccc3c(c1)OCO3)CC2. The van der Waals surface area contributed by atoms with E-state index in [1.165, 1.54) is 11.1 Å². The zero-order valence-corrected chi connectivity index (χ0v) is 14.8. The van der Waals surface area contributed by atoms with Gasteiger partial charge >= 0.3 is 0 Å². The van der Waals surface area contributed by atoms with Crippen LogP contribution in [0.4, 0.5) is 0 Å². The molecule has 136 valence electrons. The molecule has 0 aromatic heterocycles. The highest BCUT2D eigenvalue weighted by Gasteiger charge is 2.26. The molecule has 6 heteroatoms. The molecular formula is C20H21NO5. The van der Waals surface area contributed by atoms with Gasteiger partial charge in [-0.2, -0.15) is 0 Å². The molecule has 1 aliphatic carbocycles. The Morgan fingerprint density at radius 2 is 1.88 bits per heavy atom. The van der Waals surface area contributed by atoms with Crippen molar-refractivity contribution in [1.82, 2.24) is 5.32 Å². The average molecular weight is 355 g/mol. The van der Waals surface area contributed by atoms with Gasteiger partial charge in [-0.15, -0.1) is 0 Å². The first-order chi connectivity index (χ1) is 12.7. The molecule has 1 unspecified atom stereocenters. The van der Waals surface area contributed by atoms with Crippen molar-refractivity contribution < 1.29 is 23.7 Å². The molecule has 6 nitrogen and oxygen atoms in total. The van der Waals surface area contributed by atoms with Crippen LogP contribution in [-0.2, 0) is 6.42 Å². The molecule has 0 bridgehead atoms. The summed E-state index contributed by atoms with van der Waals surface area (Å²) in [5.74, 6) is 2.91. The number of ether oxygens (including phenoxy) is 4. The number of hydrogen-bond acceptors (Lipinski definition) is 5. The van der Waals surface area contributed by atoms with Gasteiger partial charge in [0.05, 0.1) is 14.2 Å². The number of rotatable bonds is 5. The van der Waals surface area contributed by atoms with E-state index in [0.717, 1.165) is 24.3 Å². The normalized spacial score (nSPS) is 16.9. The van der Waals surface area contributed by atoms with Gasteiger partial charge < -0.3 is 24.3 Å². The van der Waals surface area contributed by atoms with Crippen molar-refractivity contribution in [3.05, 3.63) is 47.0 Å². The Balaban J connectivity index is 1.46. The fourth-order valence-electron chi connectivity index (χ4n) is 3.59. The van der Waals surface area contributed by atoms with Crippen molar-refractivity contribution in [1.29, 1.82) is 0 Å². The first-order valence-electron chi connectivity index (χ1n) is 8.62. The third kappa shape index (κ3) is 2.92.